The lowest BCUT2D eigenvalue weighted by Gasteiger charge is -2.17. The molecule has 1 aliphatic carbocycles. The highest BCUT2D eigenvalue weighted by molar-refractivity contribution is 5.91. The summed E-state index contributed by atoms with van der Waals surface area (Å²) in [5.74, 6) is 0.363. The quantitative estimate of drug-likeness (QED) is 0.480. The lowest BCUT2D eigenvalue weighted by Crippen LogP contribution is -2.20. The van der Waals surface area contributed by atoms with Crippen LogP contribution in [0, 0.1) is 17.8 Å². The minimum atomic E-state index is -0.277. The second kappa shape index (κ2) is 2.84. The summed E-state index contributed by atoms with van der Waals surface area (Å²) in [6.07, 6.45) is 0.841. The lowest BCUT2D eigenvalue weighted by molar-refractivity contribution is -0.139. The molecule has 0 radical (unpaired) electrons. The molecule has 0 aromatic rings. The number of ether oxygens (including phenoxy) is 1. The van der Waals surface area contributed by atoms with Crippen LogP contribution in [0.4, 0.5) is 0 Å². The van der Waals surface area contributed by atoms with Crippen LogP contribution in [0.25, 0.3) is 0 Å². The molecule has 1 N–H and O–H groups in total. The summed E-state index contributed by atoms with van der Waals surface area (Å²) in [7, 11) is 0. The predicted octanol–water partition coefficient (Wildman–Crippen LogP) is 0.732. The Hall–Kier alpha value is -0.830. The Bertz CT molecular complexity index is 259. The number of carbonyl (C=O) groups excluding carboxylic acids is 1. The number of esters is 1. The zero-order chi connectivity index (χ0) is 9.59. The SMILES string of the molecule is C=C1C(=O)O[C@H]2C[C@H](C)[C@@H](CO)[C@@H]12. The highest BCUT2D eigenvalue weighted by atomic mass is 16.6. The van der Waals surface area contributed by atoms with E-state index in [2.05, 4.69) is 13.5 Å². The van der Waals surface area contributed by atoms with Crippen LogP contribution in [0.2, 0.25) is 0 Å². The molecule has 3 heteroatoms. The zero-order valence-corrected chi connectivity index (χ0v) is 7.69. The fourth-order valence-corrected chi connectivity index (χ4v) is 2.56. The highest BCUT2D eigenvalue weighted by Gasteiger charge is 2.50. The molecule has 0 aromatic heterocycles. The molecule has 0 aromatic carbocycles. The topological polar surface area (TPSA) is 46.5 Å². The van der Waals surface area contributed by atoms with Crippen LogP contribution in [-0.4, -0.2) is 23.8 Å². The molecule has 2 rings (SSSR count). The van der Waals surface area contributed by atoms with Crippen LogP contribution in [0.15, 0.2) is 12.2 Å². The first-order valence-electron chi connectivity index (χ1n) is 4.65. The number of aliphatic hydroxyl groups is 1. The molecule has 0 amide bonds. The predicted molar refractivity (Wildman–Crippen MR) is 46.9 cm³/mol. The first kappa shape index (κ1) is 8.75. The van der Waals surface area contributed by atoms with Crippen molar-refractivity contribution in [1.29, 1.82) is 0 Å². The molecule has 4 atom stereocenters. The minimum Gasteiger partial charge on any atom is -0.458 e. The van der Waals surface area contributed by atoms with Crippen LogP contribution >= 0.6 is 0 Å². The molecule has 72 valence electrons. The van der Waals surface area contributed by atoms with E-state index >= 15 is 0 Å². The van der Waals surface area contributed by atoms with Gasteiger partial charge in [0.1, 0.15) is 6.10 Å². The molecule has 2 aliphatic rings. The molecule has 1 saturated heterocycles. The number of carbonyl (C=O) groups is 1. The molecule has 0 bridgehead atoms. The first-order valence-corrected chi connectivity index (χ1v) is 4.65. The van der Waals surface area contributed by atoms with Gasteiger partial charge in [0.05, 0.1) is 0 Å². The van der Waals surface area contributed by atoms with Crippen LogP contribution in [0.1, 0.15) is 13.3 Å². The third-order valence-electron chi connectivity index (χ3n) is 3.33. The van der Waals surface area contributed by atoms with Crippen LogP contribution in [-0.2, 0) is 9.53 Å². The molecule has 1 saturated carbocycles. The molecular weight excluding hydrogens is 168 g/mol. The average molecular weight is 182 g/mol. The van der Waals surface area contributed by atoms with Gasteiger partial charge in [0.15, 0.2) is 0 Å². The Kier molecular flexibility index (Phi) is 1.91. The zero-order valence-electron chi connectivity index (χ0n) is 7.69. The van der Waals surface area contributed by atoms with E-state index in [1.807, 2.05) is 0 Å². The van der Waals surface area contributed by atoms with Crippen molar-refractivity contribution in [2.45, 2.75) is 19.4 Å². The van der Waals surface area contributed by atoms with E-state index in [4.69, 9.17) is 4.74 Å². The van der Waals surface area contributed by atoms with E-state index in [-0.39, 0.29) is 30.5 Å². The van der Waals surface area contributed by atoms with Gasteiger partial charge < -0.3 is 9.84 Å². The number of fused-ring (bicyclic) bond motifs is 1. The van der Waals surface area contributed by atoms with Crippen molar-refractivity contribution in [2.24, 2.45) is 17.8 Å². The summed E-state index contributed by atoms with van der Waals surface area (Å²) in [4.78, 5) is 11.2. The van der Waals surface area contributed by atoms with Crippen molar-refractivity contribution in [3.8, 4) is 0 Å². The van der Waals surface area contributed by atoms with Gasteiger partial charge in [0.2, 0.25) is 0 Å². The van der Waals surface area contributed by atoms with Crippen LogP contribution in [0.5, 0.6) is 0 Å². The van der Waals surface area contributed by atoms with Gasteiger partial charge in [-0.05, 0) is 18.3 Å². The van der Waals surface area contributed by atoms with Gasteiger partial charge in [0, 0.05) is 18.1 Å². The van der Waals surface area contributed by atoms with Crippen LogP contribution in [0.3, 0.4) is 0 Å². The fraction of sp³-hybridized carbons (Fsp3) is 0.700. The van der Waals surface area contributed by atoms with Gasteiger partial charge in [-0.1, -0.05) is 13.5 Å². The van der Waals surface area contributed by atoms with Gasteiger partial charge in [-0.15, -0.1) is 0 Å². The summed E-state index contributed by atoms with van der Waals surface area (Å²) in [6.45, 7) is 5.93. The van der Waals surface area contributed by atoms with Crippen molar-refractivity contribution >= 4 is 5.97 Å². The van der Waals surface area contributed by atoms with Gasteiger partial charge in [-0.2, -0.15) is 0 Å². The van der Waals surface area contributed by atoms with Gasteiger partial charge in [-0.25, -0.2) is 4.79 Å². The van der Waals surface area contributed by atoms with Gasteiger partial charge in [0.25, 0.3) is 0 Å². The molecule has 0 unspecified atom stereocenters. The Labute approximate surface area is 77.4 Å². The largest absolute Gasteiger partial charge is 0.458 e. The maximum atomic E-state index is 11.2. The van der Waals surface area contributed by atoms with Crippen molar-refractivity contribution in [3.63, 3.8) is 0 Å². The third-order valence-corrected chi connectivity index (χ3v) is 3.33. The van der Waals surface area contributed by atoms with E-state index in [0.717, 1.165) is 6.42 Å². The summed E-state index contributed by atoms with van der Waals surface area (Å²) in [6, 6.07) is 0. The maximum Gasteiger partial charge on any atom is 0.334 e. The molecule has 0 spiro atoms. The Morgan fingerprint density at radius 2 is 2.38 bits per heavy atom. The van der Waals surface area contributed by atoms with E-state index in [1.165, 1.54) is 0 Å². The van der Waals surface area contributed by atoms with E-state index in [0.29, 0.717) is 11.5 Å². The van der Waals surface area contributed by atoms with Gasteiger partial charge >= 0.3 is 5.97 Å². The monoisotopic (exact) mass is 182 g/mol. The Balaban J connectivity index is 2.24. The third kappa shape index (κ3) is 1.10. The fourth-order valence-electron chi connectivity index (χ4n) is 2.56. The molecule has 3 nitrogen and oxygen atoms in total. The normalized spacial score (nSPS) is 43.5. The summed E-state index contributed by atoms with van der Waals surface area (Å²) in [5, 5.41) is 9.18. The summed E-state index contributed by atoms with van der Waals surface area (Å²) < 4.78 is 5.15. The number of aliphatic hydroxyl groups excluding tert-OH is 1. The Morgan fingerprint density at radius 3 is 3.00 bits per heavy atom. The molecule has 1 heterocycles. The summed E-state index contributed by atoms with van der Waals surface area (Å²) >= 11 is 0. The standard InChI is InChI=1S/C10H14O3/c1-5-3-8-9(7(5)4-11)6(2)10(12)13-8/h5,7-9,11H,2-4H2,1H3/t5-,7+,8-,9+/m0/s1. The van der Waals surface area contributed by atoms with Crippen LogP contribution < -0.4 is 0 Å². The minimum absolute atomic E-state index is 0.0212. The summed E-state index contributed by atoms with van der Waals surface area (Å²) in [5.41, 5.74) is 0.549. The number of hydrogen-bond acceptors (Lipinski definition) is 3. The van der Waals surface area contributed by atoms with Gasteiger partial charge in [-0.3, -0.25) is 0 Å². The second-order valence-corrected chi connectivity index (χ2v) is 4.05. The highest BCUT2D eigenvalue weighted by Crippen LogP contribution is 2.46. The number of rotatable bonds is 1. The number of hydrogen-bond donors (Lipinski definition) is 1. The first-order chi connectivity index (χ1) is 6.15. The van der Waals surface area contributed by atoms with E-state index < -0.39 is 0 Å². The van der Waals surface area contributed by atoms with Crippen molar-refractivity contribution in [1.82, 2.24) is 0 Å². The van der Waals surface area contributed by atoms with Crippen molar-refractivity contribution in [2.75, 3.05) is 6.61 Å². The second-order valence-electron chi connectivity index (χ2n) is 4.05. The lowest BCUT2D eigenvalue weighted by atomic mass is 9.87. The molecule has 13 heavy (non-hydrogen) atoms. The average Bonchev–Trinajstić information content (AvgIpc) is 2.51. The maximum absolute atomic E-state index is 11.2. The Morgan fingerprint density at radius 1 is 1.69 bits per heavy atom. The van der Waals surface area contributed by atoms with E-state index in [9.17, 15) is 9.90 Å². The van der Waals surface area contributed by atoms with Crippen molar-refractivity contribution < 1.29 is 14.6 Å². The van der Waals surface area contributed by atoms with Crippen molar-refractivity contribution in [3.05, 3.63) is 12.2 Å². The smallest absolute Gasteiger partial charge is 0.334 e. The molecular formula is C10H14O3. The molecule has 1 aliphatic heterocycles. The van der Waals surface area contributed by atoms with E-state index in [1.54, 1.807) is 0 Å². The molecule has 2 fully saturated rings.